The highest BCUT2D eigenvalue weighted by Gasteiger charge is 2.06. The summed E-state index contributed by atoms with van der Waals surface area (Å²) in [7, 11) is 1.54. The zero-order valence-corrected chi connectivity index (χ0v) is 10.4. The van der Waals surface area contributed by atoms with E-state index < -0.39 is 6.16 Å². The summed E-state index contributed by atoms with van der Waals surface area (Å²) in [6.45, 7) is 4.77. The summed E-state index contributed by atoms with van der Waals surface area (Å²) in [5.41, 5.74) is 1.20. The minimum Gasteiger partial charge on any atom is -0.432 e. The Morgan fingerprint density at radius 1 is 1.18 bits per heavy atom. The summed E-state index contributed by atoms with van der Waals surface area (Å²) in [5, 5.41) is 0. The molecule has 0 atom stereocenters. The Bertz CT molecular complexity index is 343. The van der Waals surface area contributed by atoms with Gasteiger partial charge in [0.25, 0.3) is 0 Å². The molecule has 94 valence electrons. The largest absolute Gasteiger partial charge is 0.513 e. The normalized spacial score (nSPS) is 10.4. The van der Waals surface area contributed by atoms with Gasteiger partial charge in [0.1, 0.15) is 12.4 Å². The fourth-order valence-electron chi connectivity index (χ4n) is 1.25. The highest BCUT2D eigenvalue weighted by atomic mass is 16.7. The Labute approximate surface area is 101 Å². The molecule has 0 N–H and O–H groups in total. The molecule has 0 spiro atoms. The number of hydrogen-bond acceptors (Lipinski definition) is 4. The fourth-order valence-corrected chi connectivity index (χ4v) is 1.25. The molecule has 17 heavy (non-hydrogen) atoms. The first-order chi connectivity index (χ1) is 8.13. The van der Waals surface area contributed by atoms with E-state index in [9.17, 15) is 4.79 Å². The number of methoxy groups -OCH3 is 1. The van der Waals surface area contributed by atoms with Gasteiger partial charge < -0.3 is 14.2 Å². The van der Waals surface area contributed by atoms with Crippen LogP contribution in [-0.2, 0) is 9.47 Å². The molecule has 1 rings (SSSR count). The van der Waals surface area contributed by atoms with Gasteiger partial charge in [0.05, 0.1) is 6.61 Å². The Morgan fingerprint density at radius 3 is 2.35 bits per heavy atom. The van der Waals surface area contributed by atoms with Crippen LogP contribution in [0.1, 0.15) is 25.3 Å². The fraction of sp³-hybridized carbons (Fsp3) is 0.462. The van der Waals surface area contributed by atoms with Crippen LogP contribution in [0.3, 0.4) is 0 Å². The van der Waals surface area contributed by atoms with Crippen LogP contribution in [0.5, 0.6) is 5.75 Å². The van der Waals surface area contributed by atoms with Gasteiger partial charge in [-0.05, 0) is 23.6 Å². The summed E-state index contributed by atoms with van der Waals surface area (Å²) >= 11 is 0. The van der Waals surface area contributed by atoms with Crippen molar-refractivity contribution in [3.63, 3.8) is 0 Å². The van der Waals surface area contributed by atoms with Gasteiger partial charge in [-0.3, -0.25) is 0 Å². The number of ether oxygens (including phenoxy) is 3. The first kappa shape index (κ1) is 13.5. The molecule has 0 heterocycles. The van der Waals surface area contributed by atoms with E-state index in [0.717, 1.165) is 0 Å². The van der Waals surface area contributed by atoms with Crippen LogP contribution in [-0.4, -0.2) is 26.5 Å². The molecular formula is C13H18O4. The van der Waals surface area contributed by atoms with Crippen molar-refractivity contribution in [2.75, 3.05) is 20.3 Å². The van der Waals surface area contributed by atoms with Crippen molar-refractivity contribution in [2.24, 2.45) is 0 Å². The molecule has 0 saturated carbocycles. The predicted molar refractivity (Wildman–Crippen MR) is 64.4 cm³/mol. The lowest BCUT2D eigenvalue weighted by atomic mass is 10.0. The van der Waals surface area contributed by atoms with Gasteiger partial charge in [-0.2, -0.15) is 0 Å². The summed E-state index contributed by atoms with van der Waals surface area (Å²) in [4.78, 5) is 11.2. The molecule has 0 aromatic heterocycles. The minimum atomic E-state index is -0.709. The highest BCUT2D eigenvalue weighted by Crippen LogP contribution is 2.18. The second kappa shape index (κ2) is 6.91. The van der Waals surface area contributed by atoms with Gasteiger partial charge in [0.15, 0.2) is 0 Å². The zero-order chi connectivity index (χ0) is 12.7. The summed E-state index contributed by atoms with van der Waals surface area (Å²) < 4.78 is 14.5. The van der Waals surface area contributed by atoms with Crippen LogP contribution >= 0.6 is 0 Å². The van der Waals surface area contributed by atoms with Gasteiger partial charge in [-0.15, -0.1) is 0 Å². The average Bonchev–Trinajstić information content (AvgIpc) is 2.30. The molecular weight excluding hydrogens is 220 g/mol. The molecule has 4 nitrogen and oxygen atoms in total. The Balaban J connectivity index is 2.43. The SMILES string of the molecule is COCCOC(=O)Oc1ccc(C(C)C)cc1. The third kappa shape index (κ3) is 4.87. The van der Waals surface area contributed by atoms with Gasteiger partial charge in [-0.1, -0.05) is 26.0 Å². The molecule has 1 aromatic carbocycles. The van der Waals surface area contributed by atoms with Crippen molar-refractivity contribution in [3.8, 4) is 5.75 Å². The van der Waals surface area contributed by atoms with Crippen molar-refractivity contribution < 1.29 is 19.0 Å². The van der Waals surface area contributed by atoms with Gasteiger partial charge in [0, 0.05) is 7.11 Å². The molecule has 0 aliphatic carbocycles. The first-order valence-electron chi connectivity index (χ1n) is 5.57. The number of hydrogen-bond donors (Lipinski definition) is 0. The maximum absolute atomic E-state index is 11.2. The Hall–Kier alpha value is -1.55. The lowest BCUT2D eigenvalue weighted by molar-refractivity contribution is 0.0685. The Kier molecular flexibility index (Phi) is 5.49. The van der Waals surface area contributed by atoms with E-state index in [1.54, 1.807) is 19.2 Å². The smallest absolute Gasteiger partial charge is 0.432 e. The lowest BCUT2D eigenvalue weighted by Crippen LogP contribution is -2.13. The maximum Gasteiger partial charge on any atom is 0.513 e. The molecule has 1 aromatic rings. The van der Waals surface area contributed by atoms with Crippen molar-refractivity contribution in [1.82, 2.24) is 0 Å². The van der Waals surface area contributed by atoms with Crippen molar-refractivity contribution in [2.45, 2.75) is 19.8 Å². The quantitative estimate of drug-likeness (QED) is 0.449. The summed E-state index contributed by atoms with van der Waals surface area (Å²) in [6.07, 6.45) is -0.709. The molecule has 0 radical (unpaired) electrons. The van der Waals surface area contributed by atoms with Crippen LogP contribution in [0.25, 0.3) is 0 Å². The van der Waals surface area contributed by atoms with Gasteiger partial charge >= 0.3 is 6.16 Å². The maximum atomic E-state index is 11.2. The van der Waals surface area contributed by atoms with Crippen molar-refractivity contribution in [1.29, 1.82) is 0 Å². The number of rotatable bonds is 5. The third-order valence-corrected chi connectivity index (χ3v) is 2.26. The van der Waals surface area contributed by atoms with Crippen LogP contribution in [0.4, 0.5) is 4.79 Å². The van der Waals surface area contributed by atoms with E-state index in [4.69, 9.17) is 14.2 Å². The second-order valence-electron chi connectivity index (χ2n) is 3.92. The van der Waals surface area contributed by atoms with E-state index in [-0.39, 0.29) is 6.61 Å². The second-order valence-corrected chi connectivity index (χ2v) is 3.92. The predicted octanol–water partition coefficient (Wildman–Crippen LogP) is 2.97. The average molecular weight is 238 g/mol. The van der Waals surface area contributed by atoms with Crippen LogP contribution in [0, 0.1) is 0 Å². The Morgan fingerprint density at radius 2 is 1.82 bits per heavy atom. The highest BCUT2D eigenvalue weighted by molar-refractivity contribution is 5.63. The number of benzene rings is 1. The zero-order valence-electron chi connectivity index (χ0n) is 10.4. The van der Waals surface area contributed by atoms with E-state index >= 15 is 0 Å². The van der Waals surface area contributed by atoms with Crippen LogP contribution in [0.2, 0.25) is 0 Å². The summed E-state index contributed by atoms with van der Waals surface area (Å²) in [6, 6.07) is 7.38. The third-order valence-electron chi connectivity index (χ3n) is 2.26. The first-order valence-corrected chi connectivity index (χ1v) is 5.57. The molecule has 0 aliphatic rings. The molecule has 0 aliphatic heterocycles. The van der Waals surface area contributed by atoms with Crippen LogP contribution in [0.15, 0.2) is 24.3 Å². The van der Waals surface area contributed by atoms with E-state index in [1.165, 1.54) is 5.56 Å². The molecule has 0 saturated heterocycles. The summed E-state index contributed by atoms with van der Waals surface area (Å²) in [5.74, 6) is 0.939. The topological polar surface area (TPSA) is 44.8 Å². The monoisotopic (exact) mass is 238 g/mol. The standard InChI is InChI=1S/C13H18O4/c1-10(2)11-4-6-12(7-5-11)17-13(14)16-9-8-15-3/h4-7,10H,8-9H2,1-3H3. The number of carbonyl (C=O) groups is 1. The molecule has 0 unspecified atom stereocenters. The lowest BCUT2D eigenvalue weighted by Gasteiger charge is -2.07. The van der Waals surface area contributed by atoms with Gasteiger partial charge in [0.2, 0.25) is 0 Å². The molecule has 4 heteroatoms. The molecule has 0 bridgehead atoms. The number of carbonyl (C=O) groups excluding carboxylic acids is 1. The van der Waals surface area contributed by atoms with E-state index in [1.807, 2.05) is 12.1 Å². The van der Waals surface area contributed by atoms with Crippen LogP contribution < -0.4 is 4.74 Å². The van der Waals surface area contributed by atoms with Gasteiger partial charge in [-0.25, -0.2) is 4.79 Å². The van der Waals surface area contributed by atoms with Crippen molar-refractivity contribution in [3.05, 3.63) is 29.8 Å². The molecule has 0 fully saturated rings. The van der Waals surface area contributed by atoms with Crippen molar-refractivity contribution >= 4 is 6.16 Å². The minimum absolute atomic E-state index is 0.194. The molecule has 0 amide bonds. The van der Waals surface area contributed by atoms with E-state index in [0.29, 0.717) is 18.3 Å². The van der Waals surface area contributed by atoms with E-state index in [2.05, 4.69) is 13.8 Å².